The van der Waals surface area contributed by atoms with E-state index >= 15 is 0 Å². The third kappa shape index (κ3) is 11.4. The number of nitrogens with one attached hydrogen (secondary N) is 2. The Balaban J connectivity index is 2.19. The molecule has 1 aliphatic carbocycles. The van der Waals surface area contributed by atoms with Gasteiger partial charge in [-0.05, 0) is 24.7 Å². The lowest BCUT2D eigenvalue weighted by molar-refractivity contribution is -0.122. The van der Waals surface area contributed by atoms with Gasteiger partial charge in [-0.1, -0.05) is 40.5 Å². The van der Waals surface area contributed by atoms with Crippen LogP contribution in [0, 0.1) is 11.8 Å². The lowest BCUT2D eigenvalue weighted by Crippen LogP contribution is -2.31. The molecule has 0 radical (unpaired) electrons. The third-order valence-electron chi connectivity index (χ3n) is 4.34. The number of rotatable bonds is 12. The Morgan fingerprint density at radius 3 is 1.54 bits per heavy atom. The summed E-state index contributed by atoms with van der Waals surface area (Å²) in [5.74, 6) is 3.18. The molecular weight excluding hydrogens is 364 g/mol. The van der Waals surface area contributed by atoms with E-state index in [0.29, 0.717) is 35.2 Å². The smallest absolute Gasteiger partial charge is 0.220 e. The highest BCUT2D eigenvalue weighted by Gasteiger charge is 2.25. The predicted octanol–water partition coefficient (Wildman–Crippen LogP) is 4.09. The number of thioether (sulfide) groups is 2. The molecule has 1 aliphatic rings. The van der Waals surface area contributed by atoms with Crippen molar-refractivity contribution in [2.75, 3.05) is 24.6 Å². The summed E-state index contributed by atoms with van der Waals surface area (Å²) in [6, 6.07) is 0. The van der Waals surface area contributed by atoms with Crippen LogP contribution in [-0.2, 0) is 9.59 Å². The molecule has 1 saturated carbocycles. The van der Waals surface area contributed by atoms with Crippen molar-refractivity contribution in [3.05, 3.63) is 0 Å². The molecule has 6 heteroatoms. The van der Waals surface area contributed by atoms with Gasteiger partial charge in [-0.3, -0.25) is 9.59 Å². The number of carbonyl (C=O) groups is 2. The maximum Gasteiger partial charge on any atom is 0.220 e. The lowest BCUT2D eigenvalue weighted by atomic mass is 10.00. The van der Waals surface area contributed by atoms with Crippen LogP contribution < -0.4 is 10.6 Å². The molecule has 0 bridgehead atoms. The molecule has 0 saturated heterocycles. The zero-order chi connectivity index (χ0) is 19.4. The summed E-state index contributed by atoms with van der Waals surface area (Å²) in [6.07, 6.45) is 6.44. The number of amides is 2. The van der Waals surface area contributed by atoms with Gasteiger partial charge >= 0.3 is 0 Å². The van der Waals surface area contributed by atoms with E-state index in [1.807, 2.05) is 23.5 Å². The summed E-state index contributed by atoms with van der Waals surface area (Å²) in [4.78, 5) is 23.4. The van der Waals surface area contributed by atoms with Crippen molar-refractivity contribution < 1.29 is 9.59 Å². The Kier molecular flexibility index (Phi) is 12.5. The van der Waals surface area contributed by atoms with E-state index in [-0.39, 0.29) is 11.8 Å². The summed E-state index contributed by atoms with van der Waals surface area (Å²) in [6.45, 7) is 9.84. The first-order valence-corrected chi connectivity index (χ1v) is 12.2. The van der Waals surface area contributed by atoms with Gasteiger partial charge in [0, 0.05) is 47.9 Å². The molecule has 0 heterocycles. The first kappa shape index (κ1) is 23.7. The minimum atomic E-state index is 0.173. The van der Waals surface area contributed by atoms with Crippen LogP contribution in [0.15, 0.2) is 0 Å². The van der Waals surface area contributed by atoms with Crippen molar-refractivity contribution in [3.8, 4) is 0 Å². The monoisotopic (exact) mass is 402 g/mol. The molecule has 2 N–H and O–H groups in total. The molecule has 2 unspecified atom stereocenters. The fourth-order valence-electron chi connectivity index (χ4n) is 3.13. The predicted molar refractivity (Wildman–Crippen MR) is 116 cm³/mol. The van der Waals surface area contributed by atoms with Crippen molar-refractivity contribution in [2.24, 2.45) is 11.8 Å². The molecule has 4 nitrogen and oxygen atoms in total. The third-order valence-corrected chi connectivity index (χ3v) is 7.38. The topological polar surface area (TPSA) is 58.2 Å². The Morgan fingerprint density at radius 1 is 0.808 bits per heavy atom. The van der Waals surface area contributed by atoms with Crippen LogP contribution in [0.1, 0.15) is 66.2 Å². The summed E-state index contributed by atoms with van der Waals surface area (Å²) < 4.78 is 0. The highest BCUT2D eigenvalue weighted by atomic mass is 32.2. The molecule has 0 spiro atoms. The van der Waals surface area contributed by atoms with Gasteiger partial charge < -0.3 is 10.6 Å². The van der Waals surface area contributed by atoms with Crippen molar-refractivity contribution in [1.82, 2.24) is 10.6 Å². The maximum absolute atomic E-state index is 11.7. The Bertz CT molecular complexity index is 379. The Labute approximate surface area is 168 Å². The van der Waals surface area contributed by atoms with Gasteiger partial charge in [0.2, 0.25) is 11.8 Å². The van der Waals surface area contributed by atoms with Gasteiger partial charge in [-0.2, -0.15) is 23.5 Å². The van der Waals surface area contributed by atoms with Gasteiger partial charge in [0.05, 0.1) is 0 Å². The van der Waals surface area contributed by atoms with Crippen molar-refractivity contribution in [1.29, 1.82) is 0 Å². The fourth-order valence-corrected chi connectivity index (χ4v) is 6.02. The zero-order valence-corrected chi connectivity index (χ0v) is 18.6. The Hall–Kier alpha value is -0.360. The van der Waals surface area contributed by atoms with Crippen LogP contribution >= 0.6 is 23.5 Å². The quantitative estimate of drug-likeness (QED) is 0.483. The van der Waals surface area contributed by atoms with Crippen LogP contribution in [0.5, 0.6) is 0 Å². The first-order chi connectivity index (χ1) is 12.4. The minimum Gasteiger partial charge on any atom is -0.355 e. The normalized spacial score (nSPS) is 20.4. The van der Waals surface area contributed by atoms with E-state index in [0.717, 1.165) is 24.6 Å². The van der Waals surface area contributed by atoms with Crippen LogP contribution in [0.4, 0.5) is 0 Å². The first-order valence-electron chi connectivity index (χ1n) is 10.1. The van der Waals surface area contributed by atoms with E-state index in [1.54, 1.807) is 0 Å². The molecule has 0 aromatic rings. The van der Waals surface area contributed by atoms with E-state index in [1.165, 1.54) is 25.7 Å². The van der Waals surface area contributed by atoms with Crippen LogP contribution in [0.2, 0.25) is 0 Å². The van der Waals surface area contributed by atoms with E-state index in [4.69, 9.17) is 0 Å². The maximum atomic E-state index is 11.7. The van der Waals surface area contributed by atoms with Gasteiger partial charge in [-0.15, -0.1) is 0 Å². The number of hydrogen-bond donors (Lipinski definition) is 2. The highest BCUT2D eigenvalue weighted by molar-refractivity contribution is 8.03. The summed E-state index contributed by atoms with van der Waals surface area (Å²) in [5.41, 5.74) is 0. The van der Waals surface area contributed by atoms with Gasteiger partial charge in [0.15, 0.2) is 0 Å². The van der Waals surface area contributed by atoms with Crippen LogP contribution in [-0.4, -0.2) is 46.9 Å². The molecule has 26 heavy (non-hydrogen) atoms. The largest absolute Gasteiger partial charge is 0.355 e. The van der Waals surface area contributed by atoms with Crippen molar-refractivity contribution >= 4 is 35.3 Å². The SMILES string of the molecule is CC(C)CC(=O)NCCSC1CCCCC1SCCNC(=O)CC(C)C. The molecule has 0 aromatic heterocycles. The molecule has 1 fully saturated rings. The van der Waals surface area contributed by atoms with Gasteiger partial charge in [-0.25, -0.2) is 0 Å². The van der Waals surface area contributed by atoms with E-state index < -0.39 is 0 Å². The average molecular weight is 403 g/mol. The van der Waals surface area contributed by atoms with Crippen molar-refractivity contribution in [2.45, 2.75) is 76.7 Å². The summed E-state index contributed by atoms with van der Waals surface area (Å²) >= 11 is 4.03. The second-order valence-corrected chi connectivity index (χ2v) is 10.7. The average Bonchev–Trinajstić information content (AvgIpc) is 2.55. The zero-order valence-electron chi connectivity index (χ0n) is 17.0. The second-order valence-electron chi connectivity index (χ2n) is 8.00. The standard InChI is InChI=1S/C20H38N2O2S2/c1-15(2)13-19(23)21-9-11-25-17-7-5-6-8-18(17)26-12-10-22-20(24)14-16(3)4/h15-18H,5-14H2,1-4H3,(H,21,23)(H,22,24). The molecular formula is C20H38N2O2S2. The summed E-state index contributed by atoms with van der Waals surface area (Å²) in [7, 11) is 0. The molecule has 2 atom stereocenters. The molecule has 0 aliphatic heterocycles. The Morgan fingerprint density at radius 2 is 1.19 bits per heavy atom. The van der Waals surface area contributed by atoms with Gasteiger partial charge in [0.25, 0.3) is 0 Å². The minimum absolute atomic E-state index is 0.173. The van der Waals surface area contributed by atoms with Crippen LogP contribution in [0.3, 0.4) is 0 Å². The van der Waals surface area contributed by atoms with Gasteiger partial charge in [0.1, 0.15) is 0 Å². The molecule has 152 valence electrons. The number of carbonyl (C=O) groups excluding carboxylic acids is 2. The van der Waals surface area contributed by atoms with E-state index in [9.17, 15) is 9.59 Å². The van der Waals surface area contributed by atoms with E-state index in [2.05, 4.69) is 38.3 Å². The second kappa shape index (κ2) is 13.8. The molecule has 1 rings (SSSR count). The lowest BCUT2D eigenvalue weighted by Gasteiger charge is -2.30. The highest BCUT2D eigenvalue weighted by Crippen LogP contribution is 2.35. The summed E-state index contributed by atoms with van der Waals surface area (Å²) in [5, 5.41) is 7.43. The fraction of sp³-hybridized carbons (Fsp3) is 0.900. The molecule has 2 amide bonds. The molecule has 0 aromatic carbocycles. The van der Waals surface area contributed by atoms with Crippen LogP contribution in [0.25, 0.3) is 0 Å². The van der Waals surface area contributed by atoms with Crippen molar-refractivity contribution in [3.63, 3.8) is 0 Å². The number of hydrogen-bond acceptors (Lipinski definition) is 4.